The molecule has 0 unspecified atom stereocenters. The predicted molar refractivity (Wildman–Crippen MR) is 198 cm³/mol. The van der Waals surface area contributed by atoms with Crippen LogP contribution < -0.4 is 0 Å². The van der Waals surface area contributed by atoms with Gasteiger partial charge in [-0.1, -0.05) is 121 Å². The summed E-state index contributed by atoms with van der Waals surface area (Å²) < 4.78 is 6.94. The number of imidazole rings is 2. The molecule has 0 N–H and O–H groups in total. The molecule has 0 bridgehead atoms. The van der Waals surface area contributed by atoms with Gasteiger partial charge in [-0.2, -0.15) is 0 Å². The fourth-order valence-corrected chi connectivity index (χ4v) is 7.06. The van der Waals surface area contributed by atoms with Crippen LogP contribution in [0.15, 0.2) is 170 Å². The van der Waals surface area contributed by atoms with Gasteiger partial charge in [-0.15, -0.1) is 0 Å². The molecule has 0 fully saturated rings. The summed E-state index contributed by atoms with van der Waals surface area (Å²) in [5.41, 5.74) is 12.2. The van der Waals surface area contributed by atoms with Gasteiger partial charge in [0.25, 0.3) is 0 Å². The van der Waals surface area contributed by atoms with E-state index < -0.39 is 0 Å². The third kappa shape index (κ3) is 4.31. The summed E-state index contributed by atoms with van der Waals surface area (Å²) in [7, 11) is 0. The first-order valence-electron chi connectivity index (χ1n) is 16.4. The third-order valence-corrected chi connectivity index (χ3v) is 9.24. The molecule has 10 rings (SSSR count). The number of hydrogen-bond acceptors (Lipinski definition) is 3. The summed E-state index contributed by atoms with van der Waals surface area (Å²) >= 11 is 0. The van der Waals surface area contributed by atoms with Crippen molar-refractivity contribution in [2.45, 2.75) is 0 Å². The molecular weight excluding hydrogens is 601 g/mol. The zero-order valence-electron chi connectivity index (χ0n) is 26.3. The van der Waals surface area contributed by atoms with Gasteiger partial charge < -0.3 is 0 Å². The van der Waals surface area contributed by atoms with Crippen molar-refractivity contribution in [3.05, 3.63) is 170 Å². The lowest BCUT2D eigenvalue weighted by molar-refractivity contribution is 1.09. The van der Waals surface area contributed by atoms with Gasteiger partial charge >= 0.3 is 0 Å². The van der Waals surface area contributed by atoms with Crippen molar-refractivity contribution in [1.29, 1.82) is 0 Å². The van der Waals surface area contributed by atoms with E-state index in [0.717, 1.165) is 78.3 Å². The lowest BCUT2D eigenvalue weighted by Gasteiger charge is -2.11. The number of rotatable bonds is 5. The van der Waals surface area contributed by atoms with E-state index in [-0.39, 0.29) is 0 Å². The normalized spacial score (nSPS) is 11.7. The van der Waals surface area contributed by atoms with E-state index >= 15 is 0 Å². The number of benzene rings is 6. The van der Waals surface area contributed by atoms with Crippen LogP contribution in [0.25, 0.3) is 84.2 Å². The van der Waals surface area contributed by atoms with E-state index in [1.54, 1.807) is 0 Å². The van der Waals surface area contributed by atoms with Gasteiger partial charge in [0.15, 0.2) is 11.5 Å². The van der Waals surface area contributed by atoms with Crippen LogP contribution in [0.3, 0.4) is 0 Å². The van der Waals surface area contributed by atoms with Crippen molar-refractivity contribution in [3.63, 3.8) is 0 Å². The Morgan fingerprint density at radius 1 is 0.408 bits per heavy atom. The van der Waals surface area contributed by atoms with Crippen molar-refractivity contribution in [3.8, 4) is 45.3 Å². The Morgan fingerprint density at radius 2 is 0.980 bits per heavy atom. The molecule has 0 spiro atoms. The molecule has 0 saturated carbocycles. The Balaban J connectivity index is 1.27. The van der Waals surface area contributed by atoms with Crippen LogP contribution in [0.4, 0.5) is 0 Å². The molecule has 6 heteroatoms. The van der Waals surface area contributed by atoms with Crippen molar-refractivity contribution >= 4 is 38.9 Å². The molecule has 0 radical (unpaired) electrons. The van der Waals surface area contributed by atoms with Gasteiger partial charge in [0.1, 0.15) is 5.52 Å². The van der Waals surface area contributed by atoms with Crippen LogP contribution in [-0.4, -0.2) is 28.5 Å². The summed E-state index contributed by atoms with van der Waals surface area (Å²) in [6.07, 6.45) is 0. The Morgan fingerprint density at radius 3 is 1.69 bits per heavy atom. The molecule has 0 aliphatic heterocycles. The monoisotopic (exact) mass is 628 g/mol. The van der Waals surface area contributed by atoms with Gasteiger partial charge in [-0.3, -0.25) is 13.5 Å². The second-order valence-electron chi connectivity index (χ2n) is 12.2. The van der Waals surface area contributed by atoms with Crippen LogP contribution in [0, 0.1) is 0 Å². The van der Waals surface area contributed by atoms with Gasteiger partial charge in [0.2, 0.25) is 5.78 Å². The van der Waals surface area contributed by atoms with E-state index in [2.05, 4.69) is 141 Å². The first-order valence-corrected chi connectivity index (χ1v) is 16.4. The van der Waals surface area contributed by atoms with E-state index in [1.807, 2.05) is 42.5 Å². The van der Waals surface area contributed by atoms with Crippen LogP contribution in [0.1, 0.15) is 0 Å². The molecule has 0 aliphatic rings. The van der Waals surface area contributed by atoms with Crippen molar-refractivity contribution in [2.24, 2.45) is 0 Å². The number of para-hydroxylation sites is 4. The average molecular weight is 629 g/mol. The van der Waals surface area contributed by atoms with Gasteiger partial charge in [-0.05, 0) is 48.5 Å². The maximum Gasteiger partial charge on any atom is 0.221 e. The Labute approximate surface area is 281 Å². The van der Waals surface area contributed by atoms with Crippen molar-refractivity contribution in [2.75, 3.05) is 0 Å². The molecule has 0 saturated heterocycles. The second kappa shape index (κ2) is 10.9. The van der Waals surface area contributed by atoms with E-state index in [0.29, 0.717) is 5.82 Å². The number of nitrogens with zero attached hydrogens (tertiary/aromatic N) is 6. The van der Waals surface area contributed by atoms with Crippen LogP contribution in [0.2, 0.25) is 0 Å². The fraction of sp³-hybridized carbons (Fsp3) is 0. The average Bonchev–Trinajstić information content (AvgIpc) is 3.82. The smallest absolute Gasteiger partial charge is 0.221 e. The van der Waals surface area contributed by atoms with Gasteiger partial charge in [0.05, 0.1) is 27.9 Å². The molecule has 230 valence electrons. The molecule has 6 aromatic carbocycles. The summed E-state index contributed by atoms with van der Waals surface area (Å²) in [4.78, 5) is 15.5. The molecule has 0 atom stereocenters. The highest BCUT2D eigenvalue weighted by Gasteiger charge is 2.25. The zero-order chi connectivity index (χ0) is 32.3. The molecular formula is C43H28N6. The highest BCUT2D eigenvalue weighted by molar-refractivity contribution is 6.10. The molecule has 10 aromatic rings. The largest absolute Gasteiger partial charge is 0.294 e. The maximum absolute atomic E-state index is 5.23. The Kier molecular flexibility index (Phi) is 6.08. The summed E-state index contributed by atoms with van der Waals surface area (Å²) in [5.74, 6) is 1.52. The van der Waals surface area contributed by atoms with Gasteiger partial charge in [-0.25, -0.2) is 15.0 Å². The Hall–Kier alpha value is -6.79. The molecule has 0 aliphatic carbocycles. The highest BCUT2D eigenvalue weighted by atomic mass is 15.3. The minimum atomic E-state index is 0.668. The van der Waals surface area contributed by atoms with Gasteiger partial charge in [0, 0.05) is 33.5 Å². The number of hydrogen-bond donors (Lipinski definition) is 0. The van der Waals surface area contributed by atoms with E-state index in [9.17, 15) is 0 Å². The minimum absolute atomic E-state index is 0.668. The van der Waals surface area contributed by atoms with Crippen molar-refractivity contribution < 1.29 is 0 Å². The predicted octanol–water partition coefficient (Wildman–Crippen LogP) is 10.2. The number of fused-ring (bicyclic) bond motifs is 7. The summed E-state index contributed by atoms with van der Waals surface area (Å²) in [6, 6.07) is 58.7. The number of aromatic nitrogens is 6. The topological polar surface area (TPSA) is 52.9 Å². The lowest BCUT2D eigenvalue weighted by Crippen LogP contribution is -1.99. The Bertz CT molecular complexity index is 2750. The lowest BCUT2D eigenvalue weighted by atomic mass is 10.1. The van der Waals surface area contributed by atoms with E-state index in [4.69, 9.17) is 15.0 Å². The SMILES string of the molecule is c1ccc(-c2cc(-c3ccccc3)nc(-c3cccc(-n4c5c6ccccc6n(-c6ccccc6)c5n5c6ccccc6nc45)c3)n2)cc1. The first-order chi connectivity index (χ1) is 24.3. The van der Waals surface area contributed by atoms with Crippen molar-refractivity contribution in [1.82, 2.24) is 28.5 Å². The molecule has 4 heterocycles. The second-order valence-corrected chi connectivity index (χ2v) is 12.2. The quantitative estimate of drug-likeness (QED) is 0.191. The third-order valence-electron chi connectivity index (χ3n) is 9.24. The molecule has 0 amide bonds. The maximum atomic E-state index is 5.23. The standard InChI is InChI=1S/C43H28N6/c1-4-15-29(16-5-1)36-28-37(30-17-6-2-7-18-30)45-41(44-36)31-19-14-22-33(27-31)48-40-34-23-10-12-25-38(34)47(32-20-8-3-9-21-32)42(40)49-39-26-13-11-24-35(39)46-43(48)49/h1-28H. The first kappa shape index (κ1) is 27.3. The minimum Gasteiger partial charge on any atom is -0.294 e. The molecule has 4 aromatic heterocycles. The zero-order valence-corrected chi connectivity index (χ0v) is 26.3. The molecule has 49 heavy (non-hydrogen) atoms. The van der Waals surface area contributed by atoms with Crippen LogP contribution in [0.5, 0.6) is 0 Å². The molecule has 6 nitrogen and oxygen atoms in total. The van der Waals surface area contributed by atoms with Crippen LogP contribution in [-0.2, 0) is 0 Å². The van der Waals surface area contributed by atoms with E-state index in [1.165, 1.54) is 0 Å². The summed E-state index contributed by atoms with van der Waals surface area (Å²) in [6.45, 7) is 0. The summed E-state index contributed by atoms with van der Waals surface area (Å²) in [5, 5.41) is 1.15. The van der Waals surface area contributed by atoms with Crippen LogP contribution >= 0.6 is 0 Å². The fourth-order valence-electron chi connectivity index (χ4n) is 7.06. The highest BCUT2D eigenvalue weighted by Crippen LogP contribution is 2.38.